The van der Waals surface area contributed by atoms with Crippen LogP contribution in [-0.4, -0.2) is 11.4 Å². The van der Waals surface area contributed by atoms with Gasteiger partial charge in [0.25, 0.3) is 0 Å². The molecule has 0 aliphatic heterocycles. The molecule has 0 bridgehead atoms. The first-order chi connectivity index (χ1) is 4.86. The second-order valence-corrected chi connectivity index (χ2v) is 1.96. The topological polar surface area (TPSA) is 37.3 Å². The molecule has 2 heteroatoms. The summed E-state index contributed by atoms with van der Waals surface area (Å²) in [7, 11) is 0. The first-order valence-corrected chi connectivity index (χ1v) is 2.95. The standard InChI is InChI=1S/C8H7O2/c9-5-7-1-2-8(6-10)4-3-7/h1-4,9H,5H2. The Morgan fingerprint density at radius 3 is 2.30 bits per heavy atom. The summed E-state index contributed by atoms with van der Waals surface area (Å²) in [4.78, 5) is 10.0. The van der Waals surface area contributed by atoms with E-state index in [9.17, 15) is 4.79 Å². The molecule has 1 aromatic rings. The zero-order valence-corrected chi connectivity index (χ0v) is 5.37. The van der Waals surface area contributed by atoms with Gasteiger partial charge in [-0.3, -0.25) is 4.79 Å². The number of rotatable bonds is 2. The van der Waals surface area contributed by atoms with Crippen molar-refractivity contribution in [3.63, 3.8) is 0 Å². The maximum atomic E-state index is 10.0. The van der Waals surface area contributed by atoms with Crippen LogP contribution in [0.2, 0.25) is 0 Å². The molecular weight excluding hydrogens is 128 g/mol. The van der Waals surface area contributed by atoms with Gasteiger partial charge >= 0.3 is 0 Å². The summed E-state index contributed by atoms with van der Waals surface area (Å²) in [6.07, 6.45) is 1.75. The van der Waals surface area contributed by atoms with Crippen molar-refractivity contribution in [3.8, 4) is 0 Å². The fourth-order valence-electron chi connectivity index (χ4n) is 0.678. The molecule has 51 valence electrons. The minimum atomic E-state index is 0.0130. The maximum Gasteiger partial charge on any atom is 0.233 e. The van der Waals surface area contributed by atoms with Gasteiger partial charge in [-0.15, -0.1) is 0 Å². The quantitative estimate of drug-likeness (QED) is 0.646. The van der Waals surface area contributed by atoms with Crippen LogP contribution in [0.5, 0.6) is 0 Å². The van der Waals surface area contributed by atoms with Crippen LogP contribution in [-0.2, 0) is 11.4 Å². The van der Waals surface area contributed by atoms with Crippen LogP contribution >= 0.6 is 0 Å². The Balaban J connectivity index is 2.90. The van der Waals surface area contributed by atoms with Crippen LogP contribution < -0.4 is 0 Å². The van der Waals surface area contributed by atoms with Crippen LogP contribution in [0.3, 0.4) is 0 Å². The molecule has 0 fully saturated rings. The number of aliphatic hydroxyl groups is 1. The third kappa shape index (κ3) is 1.42. The zero-order chi connectivity index (χ0) is 7.40. The lowest BCUT2D eigenvalue weighted by atomic mass is 10.2. The molecule has 0 amide bonds. The Bertz CT molecular complexity index is 213. The van der Waals surface area contributed by atoms with E-state index in [0.717, 1.165) is 5.56 Å². The Kier molecular flexibility index (Phi) is 2.18. The van der Waals surface area contributed by atoms with Crippen LogP contribution in [0.4, 0.5) is 0 Å². The van der Waals surface area contributed by atoms with E-state index in [4.69, 9.17) is 5.11 Å². The van der Waals surface area contributed by atoms with Crippen LogP contribution in [0.1, 0.15) is 11.1 Å². The molecule has 0 atom stereocenters. The van der Waals surface area contributed by atoms with Crippen LogP contribution in [0.15, 0.2) is 24.3 Å². The lowest BCUT2D eigenvalue weighted by molar-refractivity contribution is 0.282. The number of benzene rings is 1. The molecule has 1 rings (SSSR count). The van der Waals surface area contributed by atoms with Gasteiger partial charge in [-0.2, -0.15) is 0 Å². The molecule has 1 radical (unpaired) electrons. The molecule has 0 spiro atoms. The van der Waals surface area contributed by atoms with Gasteiger partial charge in [0.15, 0.2) is 0 Å². The van der Waals surface area contributed by atoms with Crippen molar-refractivity contribution < 1.29 is 9.90 Å². The average Bonchev–Trinajstić information content (AvgIpc) is 2.05. The van der Waals surface area contributed by atoms with Crippen molar-refractivity contribution >= 4 is 6.29 Å². The van der Waals surface area contributed by atoms with Gasteiger partial charge in [-0.05, 0) is 5.56 Å². The second kappa shape index (κ2) is 3.13. The second-order valence-electron chi connectivity index (χ2n) is 1.96. The average molecular weight is 135 g/mol. The van der Waals surface area contributed by atoms with Crippen molar-refractivity contribution in [1.29, 1.82) is 0 Å². The predicted octanol–water partition coefficient (Wildman–Crippen LogP) is 0.637. The van der Waals surface area contributed by atoms with Crippen molar-refractivity contribution in [2.75, 3.05) is 0 Å². The summed E-state index contributed by atoms with van der Waals surface area (Å²) >= 11 is 0. The minimum Gasteiger partial charge on any atom is -0.392 e. The van der Waals surface area contributed by atoms with E-state index in [0.29, 0.717) is 5.56 Å². The molecule has 1 aromatic carbocycles. The highest BCUT2D eigenvalue weighted by atomic mass is 16.3. The Labute approximate surface area is 59.1 Å². The molecule has 2 nitrogen and oxygen atoms in total. The van der Waals surface area contributed by atoms with E-state index in [2.05, 4.69) is 0 Å². The lowest BCUT2D eigenvalue weighted by Gasteiger charge is -1.92. The maximum absolute atomic E-state index is 10.0. The molecule has 0 heterocycles. The van der Waals surface area contributed by atoms with E-state index in [-0.39, 0.29) is 6.61 Å². The molecule has 0 aliphatic carbocycles. The first kappa shape index (κ1) is 6.96. The highest BCUT2D eigenvalue weighted by Crippen LogP contribution is 2.00. The molecule has 1 N–H and O–H groups in total. The summed E-state index contributed by atoms with van der Waals surface area (Å²) in [5, 5.41) is 8.60. The van der Waals surface area contributed by atoms with Crippen molar-refractivity contribution in [2.45, 2.75) is 6.61 Å². The van der Waals surface area contributed by atoms with E-state index in [1.165, 1.54) is 0 Å². The zero-order valence-electron chi connectivity index (χ0n) is 5.37. The van der Waals surface area contributed by atoms with Gasteiger partial charge < -0.3 is 5.11 Å². The molecule has 0 saturated heterocycles. The summed E-state index contributed by atoms with van der Waals surface area (Å²) in [5.41, 5.74) is 1.32. The number of hydrogen-bond acceptors (Lipinski definition) is 2. The highest BCUT2D eigenvalue weighted by Gasteiger charge is 1.90. The number of carbonyl (C=O) groups excluding carboxylic acids is 1. The van der Waals surface area contributed by atoms with Gasteiger partial charge in [0.1, 0.15) is 0 Å². The fourth-order valence-corrected chi connectivity index (χ4v) is 0.678. The molecular formula is C8H7O2. The predicted molar refractivity (Wildman–Crippen MR) is 37.2 cm³/mol. The number of hydrogen-bond donors (Lipinski definition) is 1. The first-order valence-electron chi connectivity index (χ1n) is 2.95. The fraction of sp³-hybridized carbons (Fsp3) is 0.125. The molecule has 0 aromatic heterocycles. The summed E-state index contributed by atoms with van der Waals surface area (Å²) in [6, 6.07) is 6.64. The largest absolute Gasteiger partial charge is 0.392 e. The van der Waals surface area contributed by atoms with Gasteiger partial charge in [0.05, 0.1) is 6.61 Å². The molecule has 0 aliphatic rings. The third-order valence-electron chi connectivity index (χ3n) is 1.25. The summed E-state index contributed by atoms with van der Waals surface area (Å²) < 4.78 is 0. The molecule has 0 saturated carbocycles. The third-order valence-corrected chi connectivity index (χ3v) is 1.25. The SMILES string of the molecule is O=[C]c1ccc(CO)cc1. The van der Waals surface area contributed by atoms with Crippen molar-refractivity contribution in [1.82, 2.24) is 0 Å². The Morgan fingerprint density at radius 2 is 1.90 bits per heavy atom. The van der Waals surface area contributed by atoms with Gasteiger partial charge in [0.2, 0.25) is 6.29 Å². The van der Waals surface area contributed by atoms with Crippen LogP contribution in [0.25, 0.3) is 0 Å². The Morgan fingerprint density at radius 1 is 1.30 bits per heavy atom. The van der Waals surface area contributed by atoms with Crippen molar-refractivity contribution in [2.24, 2.45) is 0 Å². The van der Waals surface area contributed by atoms with Crippen LogP contribution in [0, 0.1) is 0 Å². The number of aliphatic hydroxyl groups excluding tert-OH is 1. The van der Waals surface area contributed by atoms with Gasteiger partial charge in [0, 0.05) is 5.56 Å². The summed E-state index contributed by atoms with van der Waals surface area (Å²) in [6.45, 7) is 0.0130. The minimum absolute atomic E-state index is 0.0130. The van der Waals surface area contributed by atoms with E-state index in [1.807, 2.05) is 0 Å². The molecule has 10 heavy (non-hydrogen) atoms. The van der Waals surface area contributed by atoms with E-state index < -0.39 is 0 Å². The lowest BCUT2D eigenvalue weighted by Crippen LogP contribution is -1.83. The Hall–Kier alpha value is -1.15. The smallest absolute Gasteiger partial charge is 0.233 e. The van der Waals surface area contributed by atoms with Gasteiger partial charge in [-0.1, -0.05) is 24.3 Å². The van der Waals surface area contributed by atoms with Gasteiger partial charge in [-0.25, -0.2) is 0 Å². The highest BCUT2D eigenvalue weighted by molar-refractivity contribution is 5.75. The molecule has 0 unspecified atom stereocenters. The monoisotopic (exact) mass is 135 g/mol. The van der Waals surface area contributed by atoms with Crippen molar-refractivity contribution in [3.05, 3.63) is 35.4 Å². The van der Waals surface area contributed by atoms with E-state index >= 15 is 0 Å². The van der Waals surface area contributed by atoms with E-state index in [1.54, 1.807) is 30.6 Å². The normalized spacial score (nSPS) is 9.30. The summed E-state index contributed by atoms with van der Waals surface area (Å²) in [5.74, 6) is 0.